The lowest BCUT2D eigenvalue weighted by atomic mass is 9.95. The summed E-state index contributed by atoms with van der Waals surface area (Å²) in [5, 5.41) is 0. The van der Waals surface area contributed by atoms with Crippen LogP contribution in [0.3, 0.4) is 0 Å². The lowest BCUT2D eigenvalue weighted by Gasteiger charge is -2.46. The van der Waals surface area contributed by atoms with Crippen LogP contribution in [-0.4, -0.2) is 75.5 Å². The molecule has 220 valence electrons. The molecule has 3 heterocycles. The van der Waals surface area contributed by atoms with E-state index in [1.165, 1.54) is 11.1 Å². The van der Waals surface area contributed by atoms with E-state index in [0.717, 1.165) is 81.3 Å². The zero-order chi connectivity index (χ0) is 29.1. The van der Waals surface area contributed by atoms with Crippen molar-refractivity contribution in [1.29, 1.82) is 0 Å². The van der Waals surface area contributed by atoms with Crippen LogP contribution in [-0.2, 0) is 24.4 Å². The van der Waals surface area contributed by atoms with Crippen LogP contribution in [0.25, 0.3) is 11.0 Å². The van der Waals surface area contributed by atoms with Crippen molar-refractivity contribution in [1.82, 2.24) is 24.3 Å². The zero-order valence-electron chi connectivity index (χ0n) is 25.2. The fourth-order valence-electron chi connectivity index (χ4n) is 6.84. The summed E-state index contributed by atoms with van der Waals surface area (Å²) >= 11 is 0. The van der Waals surface area contributed by atoms with E-state index in [-0.39, 0.29) is 5.92 Å². The number of ether oxygens (including phenoxy) is 1. The van der Waals surface area contributed by atoms with Crippen LogP contribution in [0.5, 0.6) is 5.75 Å². The Balaban J connectivity index is 1.13. The zero-order valence-corrected chi connectivity index (χ0v) is 25.2. The number of carbonyl (C=O) groups excluding carboxylic acids is 1. The van der Waals surface area contributed by atoms with Crippen molar-refractivity contribution in [2.45, 2.75) is 58.4 Å². The largest absolute Gasteiger partial charge is 0.497 e. The molecule has 0 spiro atoms. The van der Waals surface area contributed by atoms with Crippen LogP contribution in [0, 0.1) is 5.92 Å². The van der Waals surface area contributed by atoms with Gasteiger partial charge in [-0.2, -0.15) is 0 Å². The number of likely N-dealkylation sites (tertiary alicyclic amines) is 1. The molecule has 7 heteroatoms. The minimum absolute atomic E-state index is 0.0400. The number of carbonyl (C=O) groups is 1. The highest BCUT2D eigenvalue weighted by molar-refractivity contribution is 5.79. The Kier molecular flexibility index (Phi) is 8.58. The normalized spacial score (nSPS) is 22.0. The van der Waals surface area contributed by atoms with E-state index >= 15 is 0 Å². The predicted molar refractivity (Wildman–Crippen MR) is 167 cm³/mol. The van der Waals surface area contributed by atoms with Gasteiger partial charge in [-0.05, 0) is 68.6 Å². The van der Waals surface area contributed by atoms with E-state index in [0.29, 0.717) is 18.0 Å². The summed E-state index contributed by atoms with van der Waals surface area (Å²) in [5.74, 6) is 2.28. The number of fused-ring (bicyclic) bond motifs is 1. The number of nitrogens with zero attached hydrogens (tertiary/aromatic N) is 5. The summed E-state index contributed by atoms with van der Waals surface area (Å²) in [6.45, 7) is 10.3. The molecular weight excluding hydrogens is 522 g/mol. The lowest BCUT2D eigenvalue weighted by Crippen LogP contribution is -2.59. The van der Waals surface area contributed by atoms with Crippen LogP contribution in [0.1, 0.15) is 43.6 Å². The quantitative estimate of drug-likeness (QED) is 0.285. The second kappa shape index (κ2) is 12.7. The van der Waals surface area contributed by atoms with Gasteiger partial charge in [0.05, 0.1) is 30.6 Å². The summed E-state index contributed by atoms with van der Waals surface area (Å²) < 4.78 is 7.69. The molecule has 2 fully saturated rings. The van der Waals surface area contributed by atoms with Gasteiger partial charge in [0.1, 0.15) is 11.6 Å². The molecule has 0 aliphatic carbocycles. The van der Waals surface area contributed by atoms with E-state index in [4.69, 9.17) is 9.72 Å². The van der Waals surface area contributed by atoms with Crippen molar-refractivity contribution >= 4 is 16.9 Å². The number of piperidine rings is 1. The molecule has 2 aliphatic rings. The molecule has 2 saturated heterocycles. The van der Waals surface area contributed by atoms with E-state index < -0.39 is 0 Å². The number of imidazole rings is 1. The molecule has 1 amide bonds. The van der Waals surface area contributed by atoms with Gasteiger partial charge in [-0.1, -0.05) is 54.6 Å². The highest BCUT2D eigenvalue weighted by atomic mass is 16.5. The Morgan fingerprint density at radius 2 is 1.52 bits per heavy atom. The van der Waals surface area contributed by atoms with Crippen molar-refractivity contribution in [3.8, 4) is 5.75 Å². The fourth-order valence-corrected chi connectivity index (χ4v) is 6.84. The average Bonchev–Trinajstić information content (AvgIpc) is 3.35. The van der Waals surface area contributed by atoms with Gasteiger partial charge in [0.25, 0.3) is 0 Å². The summed E-state index contributed by atoms with van der Waals surface area (Å²) in [5.41, 5.74) is 4.70. The van der Waals surface area contributed by atoms with E-state index in [1.807, 2.05) is 18.2 Å². The molecule has 42 heavy (non-hydrogen) atoms. The number of hydrogen-bond donors (Lipinski definition) is 0. The summed E-state index contributed by atoms with van der Waals surface area (Å²) in [6, 6.07) is 28.0. The highest BCUT2D eigenvalue weighted by Crippen LogP contribution is 2.26. The maximum atomic E-state index is 13.9. The van der Waals surface area contributed by atoms with Gasteiger partial charge in [-0.3, -0.25) is 14.6 Å². The Morgan fingerprint density at radius 1 is 0.833 bits per heavy atom. The number of methoxy groups -OCH3 is 1. The first-order chi connectivity index (χ1) is 20.5. The first-order valence-electron chi connectivity index (χ1n) is 15.4. The van der Waals surface area contributed by atoms with Gasteiger partial charge in [0, 0.05) is 44.8 Å². The highest BCUT2D eigenvalue weighted by Gasteiger charge is 2.36. The minimum Gasteiger partial charge on any atom is -0.497 e. The number of benzene rings is 3. The Morgan fingerprint density at radius 3 is 2.26 bits per heavy atom. The van der Waals surface area contributed by atoms with Crippen LogP contribution >= 0.6 is 0 Å². The maximum absolute atomic E-state index is 13.9. The Hall–Kier alpha value is -3.68. The molecular formula is C35H43N5O2. The number of hydrogen-bond acceptors (Lipinski definition) is 5. The third-order valence-electron chi connectivity index (χ3n) is 9.07. The molecule has 0 radical (unpaired) electrons. The predicted octanol–water partition coefficient (Wildman–Crippen LogP) is 5.43. The molecule has 6 rings (SSSR count). The van der Waals surface area contributed by atoms with Crippen LogP contribution in [0.15, 0.2) is 78.9 Å². The maximum Gasteiger partial charge on any atom is 0.227 e. The van der Waals surface area contributed by atoms with Gasteiger partial charge in [-0.25, -0.2) is 4.98 Å². The van der Waals surface area contributed by atoms with E-state index in [9.17, 15) is 4.79 Å². The Bertz CT molecular complexity index is 1470. The third kappa shape index (κ3) is 6.22. The number of piperazine rings is 1. The SMILES string of the molecule is COc1ccc(Cn2c(CN3CCC[C@@H](C(=O)N4C[C@@H](C)N(Cc5ccccc5)[C@@H](C)C4)C3)nc3ccccc32)cc1. The summed E-state index contributed by atoms with van der Waals surface area (Å²) in [7, 11) is 1.69. The van der Waals surface area contributed by atoms with Gasteiger partial charge in [-0.15, -0.1) is 0 Å². The molecule has 0 N–H and O–H groups in total. The Labute approximate surface area is 249 Å². The van der Waals surface area contributed by atoms with Crippen LogP contribution in [0.4, 0.5) is 0 Å². The third-order valence-corrected chi connectivity index (χ3v) is 9.07. The molecule has 3 atom stereocenters. The number of amides is 1. The van der Waals surface area contributed by atoms with Crippen molar-refractivity contribution in [3.05, 3.63) is 95.8 Å². The van der Waals surface area contributed by atoms with Crippen LogP contribution in [0.2, 0.25) is 0 Å². The van der Waals surface area contributed by atoms with Crippen LogP contribution < -0.4 is 4.74 Å². The van der Waals surface area contributed by atoms with Gasteiger partial charge >= 0.3 is 0 Å². The smallest absolute Gasteiger partial charge is 0.227 e. The van der Waals surface area contributed by atoms with Crippen molar-refractivity contribution in [2.75, 3.05) is 33.3 Å². The number of rotatable bonds is 8. The van der Waals surface area contributed by atoms with E-state index in [2.05, 4.69) is 93.8 Å². The average molecular weight is 566 g/mol. The van der Waals surface area contributed by atoms with E-state index in [1.54, 1.807) is 7.11 Å². The molecule has 2 aliphatic heterocycles. The topological polar surface area (TPSA) is 53.8 Å². The molecule has 4 aromatic rings. The molecule has 3 aromatic carbocycles. The molecule has 0 unspecified atom stereocenters. The first-order valence-corrected chi connectivity index (χ1v) is 15.4. The molecule has 1 aromatic heterocycles. The fraction of sp³-hybridized carbons (Fsp3) is 0.429. The molecule has 0 saturated carbocycles. The molecule has 7 nitrogen and oxygen atoms in total. The summed E-state index contributed by atoms with van der Waals surface area (Å²) in [4.78, 5) is 26.0. The number of aromatic nitrogens is 2. The monoisotopic (exact) mass is 565 g/mol. The summed E-state index contributed by atoms with van der Waals surface area (Å²) in [6.07, 6.45) is 2.00. The van der Waals surface area contributed by atoms with Crippen molar-refractivity contribution in [3.63, 3.8) is 0 Å². The number of para-hydroxylation sites is 2. The van der Waals surface area contributed by atoms with Crippen molar-refractivity contribution in [2.24, 2.45) is 5.92 Å². The second-order valence-corrected chi connectivity index (χ2v) is 12.1. The molecule has 0 bridgehead atoms. The second-order valence-electron chi connectivity index (χ2n) is 12.1. The minimum atomic E-state index is 0.0400. The first kappa shape index (κ1) is 28.4. The van der Waals surface area contributed by atoms with Gasteiger partial charge in [0.2, 0.25) is 5.91 Å². The standard InChI is InChI=1S/C35H43N5O2/c1-26-20-38(21-27(2)39(26)22-28-10-5-4-6-11-28)35(41)30-12-9-19-37(24-30)25-34-36-32-13-7-8-14-33(32)40(34)23-29-15-17-31(42-3)18-16-29/h4-8,10-11,13-18,26-27,30H,9,12,19-25H2,1-3H3/t26-,27+,30-/m1/s1. The van der Waals surface area contributed by atoms with Crippen molar-refractivity contribution < 1.29 is 9.53 Å². The lowest BCUT2D eigenvalue weighted by molar-refractivity contribution is -0.142. The van der Waals surface area contributed by atoms with Gasteiger partial charge < -0.3 is 14.2 Å². The van der Waals surface area contributed by atoms with Gasteiger partial charge in [0.15, 0.2) is 0 Å².